The van der Waals surface area contributed by atoms with Crippen LogP contribution in [0.4, 0.5) is 0 Å². The Bertz CT molecular complexity index is 418. The Labute approximate surface area is 104 Å². The molecule has 17 heavy (non-hydrogen) atoms. The van der Waals surface area contributed by atoms with Gasteiger partial charge in [-0.1, -0.05) is 0 Å². The topological polar surface area (TPSA) is 52.6 Å². The van der Waals surface area contributed by atoms with Gasteiger partial charge in [0.05, 0.1) is 18.4 Å². The maximum Gasteiger partial charge on any atom is 0.310 e. The standard InChI is InChI=1S/C12H14O4S/c1-15-11(13)7-8-4-5-10(17-8)12(14)9-3-2-6-16-9/h4-5,9H,2-3,6-7H2,1H3. The number of methoxy groups -OCH3 is 1. The minimum Gasteiger partial charge on any atom is -0.469 e. The molecule has 5 heteroatoms. The molecular formula is C12H14O4S. The van der Waals surface area contributed by atoms with E-state index in [9.17, 15) is 9.59 Å². The summed E-state index contributed by atoms with van der Waals surface area (Å²) in [5, 5.41) is 0. The second kappa shape index (κ2) is 5.42. The second-order valence-corrected chi connectivity index (χ2v) is 5.05. The van der Waals surface area contributed by atoms with Gasteiger partial charge in [-0.15, -0.1) is 11.3 Å². The van der Waals surface area contributed by atoms with E-state index in [1.165, 1.54) is 18.4 Å². The maximum absolute atomic E-state index is 12.0. The largest absolute Gasteiger partial charge is 0.469 e. The van der Waals surface area contributed by atoms with Crippen LogP contribution in [0.3, 0.4) is 0 Å². The molecule has 1 aromatic heterocycles. The Balaban J connectivity index is 2.02. The summed E-state index contributed by atoms with van der Waals surface area (Å²) in [6.45, 7) is 0.663. The Kier molecular flexibility index (Phi) is 3.91. The molecule has 2 rings (SSSR count). The highest BCUT2D eigenvalue weighted by Gasteiger charge is 2.25. The molecule has 1 aromatic rings. The molecule has 0 radical (unpaired) electrons. The number of esters is 1. The van der Waals surface area contributed by atoms with E-state index < -0.39 is 0 Å². The van der Waals surface area contributed by atoms with E-state index in [4.69, 9.17) is 4.74 Å². The monoisotopic (exact) mass is 254 g/mol. The van der Waals surface area contributed by atoms with Crippen LogP contribution in [0.1, 0.15) is 27.4 Å². The van der Waals surface area contributed by atoms with E-state index in [0.717, 1.165) is 17.7 Å². The average Bonchev–Trinajstić information content (AvgIpc) is 2.98. The molecule has 0 saturated carbocycles. The molecule has 1 aliphatic rings. The third-order valence-electron chi connectivity index (χ3n) is 2.67. The summed E-state index contributed by atoms with van der Waals surface area (Å²) in [6.07, 6.45) is 1.67. The van der Waals surface area contributed by atoms with Crippen LogP contribution in [0.2, 0.25) is 0 Å². The molecular weight excluding hydrogens is 240 g/mol. The van der Waals surface area contributed by atoms with Crippen LogP contribution in [-0.4, -0.2) is 31.6 Å². The summed E-state index contributed by atoms with van der Waals surface area (Å²) < 4.78 is 9.93. The van der Waals surface area contributed by atoms with E-state index in [2.05, 4.69) is 4.74 Å². The van der Waals surface area contributed by atoms with Gasteiger partial charge in [-0.25, -0.2) is 0 Å². The Morgan fingerprint density at radius 2 is 2.35 bits per heavy atom. The van der Waals surface area contributed by atoms with Crippen molar-refractivity contribution in [2.24, 2.45) is 0 Å². The van der Waals surface area contributed by atoms with E-state index in [1.807, 2.05) is 0 Å². The number of carbonyl (C=O) groups excluding carboxylic acids is 2. The quantitative estimate of drug-likeness (QED) is 0.607. The van der Waals surface area contributed by atoms with Crippen LogP contribution in [0.25, 0.3) is 0 Å². The van der Waals surface area contributed by atoms with Gasteiger partial charge in [-0.3, -0.25) is 9.59 Å². The number of ketones is 1. The summed E-state index contributed by atoms with van der Waals surface area (Å²) in [6, 6.07) is 3.55. The predicted octanol–water partition coefficient (Wildman–Crippen LogP) is 1.83. The molecule has 0 aliphatic carbocycles. The maximum atomic E-state index is 12.0. The first-order chi connectivity index (χ1) is 8.20. The van der Waals surface area contributed by atoms with Gasteiger partial charge >= 0.3 is 5.97 Å². The molecule has 0 bridgehead atoms. The minimum absolute atomic E-state index is 0.0311. The van der Waals surface area contributed by atoms with Crippen molar-refractivity contribution in [2.75, 3.05) is 13.7 Å². The summed E-state index contributed by atoms with van der Waals surface area (Å²) in [5.41, 5.74) is 0. The van der Waals surface area contributed by atoms with Crippen molar-refractivity contribution in [3.05, 3.63) is 21.9 Å². The van der Waals surface area contributed by atoms with Gasteiger partial charge in [0, 0.05) is 11.5 Å². The van der Waals surface area contributed by atoms with Gasteiger partial charge in [-0.05, 0) is 25.0 Å². The highest BCUT2D eigenvalue weighted by atomic mass is 32.1. The van der Waals surface area contributed by atoms with Crippen molar-refractivity contribution in [3.8, 4) is 0 Å². The van der Waals surface area contributed by atoms with Crippen molar-refractivity contribution in [1.29, 1.82) is 0 Å². The summed E-state index contributed by atoms with van der Waals surface area (Å²) in [4.78, 5) is 24.6. The lowest BCUT2D eigenvalue weighted by atomic mass is 10.1. The van der Waals surface area contributed by atoms with Gasteiger partial charge < -0.3 is 9.47 Å². The molecule has 1 fully saturated rings. The highest BCUT2D eigenvalue weighted by Crippen LogP contribution is 2.23. The van der Waals surface area contributed by atoms with Crippen molar-refractivity contribution >= 4 is 23.1 Å². The molecule has 1 atom stereocenters. The lowest BCUT2D eigenvalue weighted by Crippen LogP contribution is -2.18. The fraction of sp³-hybridized carbons (Fsp3) is 0.500. The van der Waals surface area contributed by atoms with Gasteiger partial charge in [0.25, 0.3) is 0 Å². The molecule has 0 N–H and O–H groups in total. The molecule has 0 spiro atoms. The van der Waals surface area contributed by atoms with Crippen LogP contribution < -0.4 is 0 Å². The number of thiophene rings is 1. The first kappa shape index (κ1) is 12.3. The van der Waals surface area contributed by atoms with Gasteiger partial charge in [0.1, 0.15) is 6.10 Å². The van der Waals surface area contributed by atoms with Crippen LogP contribution in [0.15, 0.2) is 12.1 Å². The number of hydrogen-bond donors (Lipinski definition) is 0. The molecule has 1 aliphatic heterocycles. The van der Waals surface area contributed by atoms with E-state index in [0.29, 0.717) is 11.5 Å². The summed E-state index contributed by atoms with van der Waals surface area (Å²) >= 11 is 1.34. The number of rotatable bonds is 4. The molecule has 2 heterocycles. The highest BCUT2D eigenvalue weighted by molar-refractivity contribution is 7.14. The zero-order valence-corrected chi connectivity index (χ0v) is 10.4. The summed E-state index contributed by atoms with van der Waals surface area (Å²) in [7, 11) is 1.36. The normalized spacial score (nSPS) is 19.2. The van der Waals surface area contributed by atoms with Crippen LogP contribution in [0, 0.1) is 0 Å². The van der Waals surface area contributed by atoms with Gasteiger partial charge in [0.2, 0.25) is 5.78 Å². The van der Waals surface area contributed by atoms with E-state index in [-0.39, 0.29) is 24.3 Å². The first-order valence-corrected chi connectivity index (χ1v) is 6.33. The van der Waals surface area contributed by atoms with E-state index >= 15 is 0 Å². The van der Waals surface area contributed by atoms with Crippen molar-refractivity contribution in [1.82, 2.24) is 0 Å². The third-order valence-corrected chi connectivity index (χ3v) is 3.77. The minimum atomic E-state index is -0.292. The predicted molar refractivity (Wildman–Crippen MR) is 63.3 cm³/mol. The number of Topliss-reactive ketones (excluding diaryl/α,β-unsaturated/α-hetero) is 1. The molecule has 0 aromatic carbocycles. The first-order valence-electron chi connectivity index (χ1n) is 5.52. The lowest BCUT2D eigenvalue weighted by Gasteiger charge is -2.05. The Hall–Kier alpha value is -1.20. The third kappa shape index (κ3) is 2.92. The van der Waals surface area contributed by atoms with Crippen LogP contribution >= 0.6 is 11.3 Å². The van der Waals surface area contributed by atoms with Crippen molar-refractivity contribution in [3.63, 3.8) is 0 Å². The smallest absolute Gasteiger partial charge is 0.310 e. The SMILES string of the molecule is COC(=O)Cc1ccc(C(=O)C2CCCO2)s1. The van der Waals surface area contributed by atoms with Gasteiger partial charge in [0.15, 0.2) is 0 Å². The van der Waals surface area contributed by atoms with Gasteiger partial charge in [-0.2, -0.15) is 0 Å². The zero-order chi connectivity index (χ0) is 12.3. The fourth-order valence-electron chi connectivity index (χ4n) is 1.76. The molecule has 1 unspecified atom stereocenters. The van der Waals surface area contributed by atoms with E-state index in [1.54, 1.807) is 12.1 Å². The fourth-order valence-corrected chi connectivity index (χ4v) is 2.74. The van der Waals surface area contributed by atoms with Crippen LogP contribution in [0.5, 0.6) is 0 Å². The summed E-state index contributed by atoms with van der Waals surface area (Å²) in [5.74, 6) is -0.258. The van der Waals surface area contributed by atoms with Crippen LogP contribution in [-0.2, 0) is 20.7 Å². The van der Waals surface area contributed by atoms with Crippen molar-refractivity contribution < 1.29 is 19.1 Å². The molecule has 92 valence electrons. The Morgan fingerprint density at radius 1 is 1.53 bits per heavy atom. The lowest BCUT2D eigenvalue weighted by molar-refractivity contribution is -0.139. The molecule has 1 saturated heterocycles. The molecule has 4 nitrogen and oxygen atoms in total. The number of carbonyl (C=O) groups is 2. The molecule has 0 amide bonds. The number of ether oxygens (including phenoxy) is 2. The zero-order valence-electron chi connectivity index (χ0n) is 9.60. The Morgan fingerprint density at radius 3 is 3.00 bits per heavy atom. The average molecular weight is 254 g/mol. The second-order valence-electron chi connectivity index (χ2n) is 3.88. The van der Waals surface area contributed by atoms with Crippen molar-refractivity contribution in [2.45, 2.75) is 25.4 Å². The number of hydrogen-bond acceptors (Lipinski definition) is 5.